The van der Waals surface area contributed by atoms with Crippen molar-refractivity contribution >= 4 is 24.5 Å². The Bertz CT molecular complexity index is 529. The number of carbonyl (C=O) groups is 1. The van der Waals surface area contributed by atoms with Crippen LogP contribution in [0.25, 0.3) is 0 Å². The third kappa shape index (κ3) is 2.34. The first-order chi connectivity index (χ1) is 9.01. The minimum absolute atomic E-state index is 0.0580. The molecule has 0 saturated heterocycles. The molecule has 1 unspecified atom stereocenters. The number of nitrogens with two attached hydrogens (primary N) is 1. The Morgan fingerprint density at radius 1 is 1.47 bits per heavy atom. The average molecular weight is 277 g/mol. The zero-order valence-corrected chi connectivity index (χ0v) is 12.2. The standard InChI is InChI=1S/C14H19N3OS/c1-3-4-8-14(10-6-5-7-11(19)9-10)12(18)17(2)13(15)16-14/h5-7,9,19H,3-4,8H2,1-2H3,(H2,15,16). The molecule has 1 aliphatic rings. The summed E-state index contributed by atoms with van der Waals surface area (Å²) in [6.45, 7) is 2.10. The van der Waals surface area contributed by atoms with Crippen molar-refractivity contribution in [2.45, 2.75) is 36.6 Å². The van der Waals surface area contributed by atoms with E-state index in [0.29, 0.717) is 6.42 Å². The number of thiol groups is 1. The summed E-state index contributed by atoms with van der Waals surface area (Å²) in [5, 5.41) is 0. The number of hydrogen-bond donors (Lipinski definition) is 2. The van der Waals surface area contributed by atoms with Crippen LogP contribution in [-0.4, -0.2) is 23.8 Å². The van der Waals surface area contributed by atoms with Crippen LogP contribution >= 0.6 is 12.6 Å². The van der Waals surface area contributed by atoms with Gasteiger partial charge in [-0.3, -0.25) is 9.69 Å². The van der Waals surface area contributed by atoms with Crippen LogP contribution < -0.4 is 5.73 Å². The Morgan fingerprint density at radius 2 is 2.21 bits per heavy atom. The van der Waals surface area contributed by atoms with Gasteiger partial charge in [0.2, 0.25) is 0 Å². The second-order valence-electron chi connectivity index (χ2n) is 4.85. The van der Waals surface area contributed by atoms with E-state index in [4.69, 9.17) is 5.73 Å². The molecular formula is C14H19N3OS. The summed E-state index contributed by atoms with van der Waals surface area (Å²) in [5.74, 6) is 0.225. The molecule has 5 heteroatoms. The Balaban J connectivity index is 2.50. The maximum Gasteiger partial charge on any atom is 0.261 e. The van der Waals surface area contributed by atoms with E-state index in [1.165, 1.54) is 4.90 Å². The minimum Gasteiger partial charge on any atom is -0.369 e. The lowest BCUT2D eigenvalue weighted by atomic mass is 9.85. The van der Waals surface area contributed by atoms with Gasteiger partial charge in [0.05, 0.1) is 0 Å². The predicted octanol–water partition coefficient (Wildman–Crippen LogP) is 2.15. The molecule has 1 aliphatic heterocycles. The lowest BCUT2D eigenvalue weighted by molar-refractivity contribution is -0.130. The fraction of sp³-hybridized carbons (Fsp3) is 0.429. The first kappa shape index (κ1) is 13.9. The largest absolute Gasteiger partial charge is 0.369 e. The van der Waals surface area contributed by atoms with Crippen molar-refractivity contribution < 1.29 is 4.79 Å². The highest BCUT2D eigenvalue weighted by molar-refractivity contribution is 7.80. The summed E-state index contributed by atoms with van der Waals surface area (Å²) in [7, 11) is 1.67. The predicted molar refractivity (Wildman–Crippen MR) is 79.3 cm³/mol. The molecule has 4 nitrogen and oxygen atoms in total. The van der Waals surface area contributed by atoms with Gasteiger partial charge in [-0.25, -0.2) is 4.99 Å². The van der Waals surface area contributed by atoms with Crippen molar-refractivity contribution in [3.05, 3.63) is 29.8 Å². The van der Waals surface area contributed by atoms with Crippen LogP contribution in [0.2, 0.25) is 0 Å². The maximum absolute atomic E-state index is 12.6. The summed E-state index contributed by atoms with van der Waals surface area (Å²) in [4.78, 5) is 19.3. The molecule has 0 fully saturated rings. The Kier molecular flexibility index (Phi) is 3.85. The molecule has 0 aliphatic carbocycles. The first-order valence-corrected chi connectivity index (χ1v) is 6.89. The molecule has 1 aromatic rings. The normalized spacial score (nSPS) is 22.8. The fourth-order valence-corrected chi connectivity index (χ4v) is 2.62. The molecule has 102 valence electrons. The van der Waals surface area contributed by atoms with Gasteiger partial charge in [0.25, 0.3) is 5.91 Å². The summed E-state index contributed by atoms with van der Waals surface area (Å²) in [5.41, 5.74) is 5.83. The summed E-state index contributed by atoms with van der Waals surface area (Å²) in [6.07, 6.45) is 2.60. The third-order valence-electron chi connectivity index (χ3n) is 3.52. The second-order valence-corrected chi connectivity index (χ2v) is 5.36. The molecule has 0 spiro atoms. The molecule has 1 heterocycles. The number of unbranched alkanes of at least 4 members (excludes halogenated alkanes) is 1. The van der Waals surface area contributed by atoms with Gasteiger partial charge in [0, 0.05) is 11.9 Å². The smallest absolute Gasteiger partial charge is 0.261 e. The monoisotopic (exact) mass is 277 g/mol. The van der Waals surface area contributed by atoms with E-state index in [1.54, 1.807) is 7.05 Å². The number of likely N-dealkylation sites (N-methyl/N-ethyl adjacent to an activating group) is 1. The number of guanidine groups is 1. The van der Waals surface area contributed by atoms with Gasteiger partial charge >= 0.3 is 0 Å². The highest BCUT2D eigenvalue weighted by atomic mass is 32.1. The summed E-state index contributed by atoms with van der Waals surface area (Å²) in [6, 6.07) is 7.59. The third-order valence-corrected chi connectivity index (χ3v) is 3.80. The maximum atomic E-state index is 12.6. The quantitative estimate of drug-likeness (QED) is 0.828. The Morgan fingerprint density at radius 3 is 2.74 bits per heavy atom. The molecule has 1 amide bonds. The lowest BCUT2D eigenvalue weighted by Gasteiger charge is -2.25. The van der Waals surface area contributed by atoms with Gasteiger partial charge in [0.1, 0.15) is 0 Å². The molecule has 2 rings (SSSR count). The van der Waals surface area contributed by atoms with Gasteiger partial charge in [-0.2, -0.15) is 0 Å². The molecule has 0 saturated carbocycles. The van der Waals surface area contributed by atoms with E-state index in [0.717, 1.165) is 23.3 Å². The van der Waals surface area contributed by atoms with Crippen molar-refractivity contribution in [1.82, 2.24) is 4.90 Å². The van der Waals surface area contributed by atoms with Crippen LogP contribution in [0.5, 0.6) is 0 Å². The van der Waals surface area contributed by atoms with Crippen LogP contribution in [-0.2, 0) is 10.3 Å². The van der Waals surface area contributed by atoms with E-state index in [1.807, 2.05) is 24.3 Å². The minimum atomic E-state index is -0.867. The second kappa shape index (κ2) is 5.25. The van der Waals surface area contributed by atoms with E-state index < -0.39 is 5.54 Å². The lowest BCUT2D eigenvalue weighted by Crippen LogP contribution is -2.40. The molecule has 0 aromatic heterocycles. The fourth-order valence-electron chi connectivity index (χ4n) is 2.39. The van der Waals surface area contributed by atoms with Crippen LogP contribution in [0, 0.1) is 0 Å². The number of amides is 1. The number of aliphatic imine (C=N–C) groups is 1. The SMILES string of the molecule is CCCCC1(c2cccc(S)c2)N=C(N)N(C)C1=O. The average Bonchev–Trinajstić information content (AvgIpc) is 2.62. The Labute approximate surface area is 119 Å². The molecule has 19 heavy (non-hydrogen) atoms. The number of nitrogens with zero attached hydrogens (tertiary/aromatic N) is 2. The first-order valence-electron chi connectivity index (χ1n) is 6.44. The highest BCUT2D eigenvalue weighted by Gasteiger charge is 2.47. The molecule has 2 N–H and O–H groups in total. The Hall–Kier alpha value is -1.49. The van der Waals surface area contributed by atoms with Gasteiger partial charge in [-0.15, -0.1) is 12.6 Å². The van der Waals surface area contributed by atoms with Crippen LogP contribution in [0.4, 0.5) is 0 Å². The number of hydrogen-bond acceptors (Lipinski definition) is 4. The highest BCUT2D eigenvalue weighted by Crippen LogP contribution is 2.37. The van der Waals surface area contributed by atoms with Crippen molar-refractivity contribution in [1.29, 1.82) is 0 Å². The summed E-state index contributed by atoms with van der Waals surface area (Å²) < 4.78 is 0. The zero-order chi connectivity index (χ0) is 14.0. The van der Waals surface area contributed by atoms with Crippen molar-refractivity contribution in [3.8, 4) is 0 Å². The van der Waals surface area contributed by atoms with Crippen molar-refractivity contribution in [2.75, 3.05) is 7.05 Å². The van der Waals surface area contributed by atoms with Crippen LogP contribution in [0.1, 0.15) is 31.7 Å². The molecule has 0 radical (unpaired) electrons. The molecule has 1 atom stereocenters. The van der Waals surface area contributed by atoms with E-state index in [9.17, 15) is 4.79 Å². The van der Waals surface area contributed by atoms with Crippen molar-refractivity contribution in [2.24, 2.45) is 10.7 Å². The summed E-state index contributed by atoms with van der Waals surface area (Å²) >= 11 is 4.35. The molecule has 0 bridgehead atoms. The topological polar surface area (TPSA) is 58.7 Å². The zero-order valence-electron chi connectivity index (χ0n) is 11.3. The molecular weight excluding hydrogens is 258 g/mol. The van der Waals surface area contributed by atoms with Gasteiger partial charge in [-0.05, 0) is 24.1 Å². The van der Waals surface area contributed by atoms with Crippen LogP contribution in [0.15, 0.2) is 34.2 Å². The molecule has 1 aromatic carbocycles. The van der Waals surface area contributed by atoms with E-state index >= 15 is 0 Å². The number of carbonyl (C=O) groups excluding carboxylic acids is 1. The number of benzene rings is 1. The van der Waals surface area contributed by atoms with Crippen LogP contribution in [0.3, 0.4) is 0 Å². The number of rotatable bonds is 4. The van der Waals surface area contributed by atoms with E-state index in [-0.39, 0.29) is 11.9 Å². The van der Waals surface area contributed by atoms with Crippen molar-refractivity contribution in [3.63, 3.8) is 0 Å². The van der Waals surface area contributed by atoms with E-state index in [2.05, 4.69) is 24.5 Å². The van der Waals surface area contributed by atoms with Gasteiger partial charge in [-0.1, -0.05) is 31.9 Å². The van der Waals surface area contributed by atoms with Gasteiger partial charge < -0.3 is 5.73 Å². The van der Waals surface area contributed by atoms with Gasteiger partial charge in [0.15, 0.2) is 11.5 Å².